The zero-order valence-corrected chi connectivity index (χ0v) is 12.3. The molecule has 0 radical (unpaired) electrons. The van der Waals surface area contributed by atoms with Crippen LogP contribution in [-0.2, 0) is 16.0 Å². The maximum Gasteiger partial charge on any atom is 0.242 e. The van der Waals surface area contributed by atoms with Crippen LogP contribution in [0.3, 0.4) is 0 Å². The van der Waals surface area contributed by atoms with Crippen LogP contribution in [0.4, 0.5) is 0 Å². The molecule has 0 aliphatic carbocycles. The Labute approximate surface area is 122 Å². The van der Waals surface area contributed by atoms with Crippen molar-refractivity contribution < 1.29 is 9.59 Å². The Morgan fingerprint density at radius 1 is 1.35 bits per heavy atom. The van der Waals surface area contributed by atoms with E-state index in [1.807, 2.05) is 12.1 Å². The van der Waals surface area contributed by atoms with Gasteiger partial charge in [-0.15, -0.1) is 11.8 Å². The highest BCUT2D eigenvalue weighted by Gasteiger charge is 2.38. The Morgan fingerprint density at radius 2 is 2.15 bits per heavy atom. The van der Waals surface area contributed by atoms with E-state index in [9.17, 15) is 9.59 Å². The molecule has 1 fully saturated rings. The van der Waals surface area contributed by atoms with Crippen LogP contribution in [0, 0.1) is 0 Å². The molecule has 20 heavy (non-hydrogen) atoms. The first-order valence-corrected chi connectivity index (χ1v) is 7.85. The maximum absolute atomic E-state index is 12.7. The molecule has 2 aliphatic rings. The van der Waals surface area contributed by atoms with Crippen LogP contribution in [-0.4, -0.2) is 41.6 Å². The van der Waals surface area contributed by atoms with Crippen molar-refractivity contribution in [2.75, 3.05) is 13.6 Å². The van der Waals surface area contributed by atoms with E-state index >= 15 is 0 Å². The smallest absolute Gasteiger partial charge is 0.242 e. The summed E-state index contributed by atoms with van der Waals surface area (Å²) in [7, 11) is 1.63. The van der Waals surface area contributed by atoms with Gasteiger partial charge in [0.05, 0.1) is 5.25 Å². The number of likely N-dealkylation sites (tertiary alicyclic amines) is 1. The van der Waals surface area contributed by atoms with Gasteiger partial charge in [0.1, 0.15) is 6.04 Å². The molecule has 1 aromatic rings. The average molecular weight is 290 g/mol. The fourth-order valence-electron chi connectivity index (χ4n) is 2.97. The highest BCUT2D eigenvalue weighted by molar-refractivity contribution is 8.01. The van der Waals surface area contributed by atoms with E-state index in [1.165, 1.54) is 10.5 Å². The van der Waals surface area contributed by atoms with Crippen molar-refractivity contribution >= 4 is 23.6 Å². The quantitative estimate of drug-likeness (QED) is 0.896. The van der Waals surface area contributed by atoms with Gasteiger partial charge in [-0.05, 0) is 30.9 Å². The lowest BCUT2D eigenvalue weighted by atomic mass is 10.1. The van der Waals surface area contributed by atoms with E-state index < -0.39 is 0 Å². The summed E-state index contributed by atoms with van der Waals surface area (Å²) in [6.07, 6.45) is 2.46. The summed E-state index contributed by atoms with van der Waals surface area (Å²) in [4.78, 5) is 27.5. The summed E-state index contributed by atoms with van der Waals surface area (Å²) in [6.45, 7) is 0.699. The van der Waals surface area contributed by atoms with Crippen molar-refractivity contribution in [2.24, 2.45) is 0 Å². The predicted molar refractivity (Wildman–Crippen MR) is 78.6 cm³/mol. The van der Waals surface area contributed by atoms with Gasteiger partial charge in [0.25, 0.3) is 0 Å². The molecule has 2 amide bonds. The zero-order valence-electron chi connectivity index (χ0n) is 11.5. The highest BCUT2D eigenvalue weighted by atomic mass is 32.2. The van der Waals surface area contributed by atoms with Gasteiger partial charge in [-0.3, -0.25) is 9.59 Å². The minimum atomic E-state index is -0.281. The molecule has 106 valence electrons. The second-order valence-electron chi connectivity index (χ2n) is 5.22. The first-order valence-electron chi connectivity index (χ1n) is 6.97. The number of rotatable bonds is 2. The van der Waals surface area contributed by atoms with Crippen LogP contribution in [0.5, 0.6) is 0 Å². The SMILES string of the molecule is CNC(=O)C1CCCN1C(=O)C1Cc2ccccc2S1. The van der Waals surface area contributed by atoms with Crippen LogP contribution in [0.2, 0.25) is 0 Å². The number of fused-ring (bicyclic) bond motifs is 1. The predicted octanol–water partition coefficient (Wildman–Crippen LogP) is 1.44. The fourth-order valence-corrected chi connectivity index (χ4v) is 4.24. The van der Waals surface area contributed by atoms with Crippen LogP contribution >= 0.6 is 11.8 Å². The maximum atomic E-state index is 12.7. The van der Waals surface area contributed by atoms with Crippen molar-refractivity contribution in [2.45, 2.75) is 35.4 Å². The molecule has 5 heteroatoms. The Hall–Kier alpha value is -1.49. The Balaban J connectivity index is 1.73. The van der Waals surface area contributed by atoms with Crippen molar-refractivity contribution in [3.63, 3.8) is 0 Å². The molecule has 0 bridgehead atoms. The number of amides is 2. The van der Waals surface area contributed by atoms with Gasteiger partial charge >= 0.3 is 0 Å². The lowest BCUT2D eigenvalue weighted by Crippen LogP contribution is -2.47. The van der Waals surface area contributed by atoms with Gasteiger partial charge in [-0.1, -0.05) is 18.2 Å². The minimum absolute atomic E-state index is 0.0450. The minimum Gasteiger partial charge on any atom is -0.357 e. The molecule has 2 unspecified atom stereocenters. The first-order chi connectivity index (χ1) is 9.70. The van der Waals surface area contributed by atoms with Gasteiger partial charge in [-0.25, -0.2) is 0 Å². The Kier molecular flexibility index (Phi) is 3.70. The third kappa shape index (κ3) is 2.30. The number of benzene rings is 1. The van der Waals surface area contributed by atoms with Gasteiger partial charge in [0.15, 0.2) is 0 Å². The van der Waals surface area contributed by atoms with Crippen LogP contribution in [0.25, 0.3) is 0 Å². The largest absolute Gasteiger partial charge is 0.357 e. The van der Waals surface area contributed by atoms with Crippen LogP contribution in [0.15, 0.2) is 29.2 Å². The van der Waals surface area contributed by atoms with Crippen LogP contribution in [0.1, 0.15) is 18.4 Å². The van der Waals surface area contributed by atoms with Crippen molar-refractivity contribution in [1.29, 1.82) is 0 Å². The fraction of sp³-hybridized carbons (Fsp3) is 0.467. The molecule has 1 saturated heterocycles. The molecule has 0 spiro atoms. The normalized spacial score (nSPS) is 24.6. The van der Waals surface area contributed by atoms with Gasteiger partial charge < -0.3 is 10.2 Å². The summed E-state index contributed by atoms with van der Waals surface area (Å²) in [5, 5.41) is 2.59. The highest BCUT2D eigenvalue weighted by Crippen LogP contribution is 2.38. The van der Waals surface area contributed by atoms with Gasteiger partial charge in [0, 0.05) is 18.5 Å². The summed E-state index contributed by atoms with van der Waals surface area (Å²) in [5.74, 6) is 0.0636. The van der Waals surface area contributed by atoms with Crippen LogP contribution < -0.4 is 5.32 Å². The molecular weight excluding hydrogens is 272 g/mol. The molecule has 0 saturated carbocycles. The number of nitrogens with zero attached hydrogens (tertiary/aromatic N) is 1. The number of carbonyl (C=O) groups excluding carboxylic acids is 2. The molecule has 0 aromatic heterocycles. The molecule has 2 atom stereocenters. The zero-order chi connectivity index (χ0) is 14.1. The molecule has 2 heterocycles. The molecule has 2 aliphatic heterocycles. The standard InChI is InChI=1S/C15H18N2O2S/c1-16-14(18)11-6-4-8-17(11)15(19)13-9-10-5-2-3-7-12(10)20-13/h2-3,5,7,11,13H,4,6,8-9H2,1H3,(H,16,18). The number of hydrogen-bond donors (Lipinski definition) is 1. The van der Waals surface area contributed by atoms with Crippen molar-refractivity contribution in [3.8, 4) is 0 Å². The van der Waals surface area contributed by atoms with E-state index in [4.69, 9.17) is 0 Å². The number of hydrogen-bond acceptors (Lipinski definition) is 3. The first kappa shape index (κ1) is 13.5. The second-order valence-corrected chi connectivity index (χ2v) is 6.47. The van der Waals surface area contributed by atoms with Crippen molar-refractivity contribution in [3.05, 3.63) is 29.8 Å². The van der Waals surface area contributed by atoms with E-state index in [1.54, 1.807) is 23.7 Å². The van der Waals surface area contributed by atoms with E-state index in [0.29, 0.717) is 6.54 Å². The topological polar surface area (TPSA) is 49.4 Å². The molecular formula is C15H18N2O2S. The number of nitrogens with one attached hydrogen (secondary N) is 1. The number of likely N-dealkylation sites (N-methyl/N-ethyl adjacent to an activating group) is 1. The number of carbonyl (C=O) groups is 2. The summed E-state index contributed by atoms with van der Waals surface area (Å²) >= 11 is 1.63. The Bertz CT molecular complexity index is 521. The average Bonchev–Trinajstić information content (AvgIpc) is 3.11. The van der Waals surface area contributed by atoms with E-state index in [-0.39, 0.29) is 23.1 Å². The summed E-state index contributed by atoms with van der Waals surface area (Å²) < 4.78 is 0. The monoisotopic (exact) mass is 290 g/mol. The third-order valence-corrected chi connectivity index (χ3v) is 5.31. The lowest BCUT2D eigenvalue weighted by molar-refractivity contribution is -0.137. The van der Waals surface area contributed by atoms with E-state index in [0.717, 1.165) is 19.3 Å². The third-order valence-electron chi connectivity index (χ3n) is 4.01. The summed E-state index contributed by atoms with van der Waals surface area (Å²) in [5.41, 5.74) is 1.24. The number of thioether (sulfide) groups is 1. The second kappa shape index (κ2) is 5.48. The lowest BCUT2D eigenvalue weighted by Gasteiger charge is -2.25. The van der Waals surface area contributed by atoms with Crippen molar-refractivity contribution in [1.82, 2.24) is 10.2 Å². The van der Waals surface area contributed by atoms with E-state index in [2.05, 4.69) is 17.4 Å². The molecule has 1 aromatic carbocycles. The molecule has 4 nitrogen and oxygen atoms in total. The van der Waals surface area contributed by atoms with Gasteiger partial charge in [0.2, 0.25) is 11.8 Å². The summed E-state index contributed by atoms with van der Waals surface area (Å²) in [6, 6.07) is 7.87. The van der Waals surface area contributed by atoms with Gasteiger partial charge in [-0.2, -0.15) is 0 Å². The Morgan fingerprint density at radius 3 is 2.90 bits per heavy atom. The molecule has 3 rings (SSSR count). The molecule has 1 N–H and O–H groups in total.